The van der Waals surface area contributed by atoms with Crippen LogP contribution >= 0.6 is 0 Å². The van der Waals surface area contributed by atoms with Crippen LogP contribution in [0.5, 0.6) is 0 Å². The average Bonchev–Trinajstić information content (AvgIpc) is 2.28. The number of hydrogen-bond acceptors (Lipinski definition) is 3. The van der Waals surface area contributed by atoms with Crippen molar-refractivity contribution in [1.82, 2.24) is 0 Å². The minimum Gasteiger partial charge on any atom is -0.478 e. The van der Waals surface area contributed by atoms with E-state index in [4.69, 9.17) is 15.9 Å². The summed E-state index contributed by atoms with van der Waals surface area (Å²) in [7, 11) is 0. The molecule has 1 rings (SSSR count). The Hall–Kier alpha value is -1.65. The van der Waals surface area contributed by atoms with Crippen molar-refractivity contribution in [3.63, 3.8) is 0 Å². The maximum atomic E-state index is 10.3. The van der Waals surface area contributed by atoms with E-state index in [0.29, 0.717) is 6.42 Å². The van der Waals surface area contributed by atoms with Crippen LogP contribution in [0.1, 0.15) is 11.1 Å². The lowest BCUT2D eigenvalue weighted by molar-refractivity contribution is -0.131. The number of aliphatic hydroxyl groups excluding tert-OH is 1. The average molecular weight is 221 g/mol. The molecule has 1 atom stereocenters. The van der Waals surface area contributed by atoms with Gasteiger partial charge in [0.15, 0.2) is 0 Å². The van der Waals surface area contributed by atoms with Gasteiger partial charge in [0, 0.05) is 12.1 Å². The number of nitrogens with two attached hydrogens (primary N) is 1. The van der Waals surface area contributed by atoms with E-state index in [9.17, 15) is 4.79 Å². The van der Waals surface area contributed by atoms with Gasteiger partial charge in [-0.25, -0.2) is 4.79 Å². The summed E-state index contributed by atoms with van der Waals surface area (Å²) in [6, 6.07) is 7.13. The lowest BCUT2D eigenvalue weighted by Gasteiger charge is -2.07. The van der Waals surface area contributed by atoms with Crippen LogP contribution in [-0.2, 0) is 11.2 Å². The fourth-order valence-corrected chi connectivity index (χ4v) is 1.30. The molecule has 1 aromatic rings. The third-order valence-electron chi connectivity index (χ3n) is 2.13. The number of aliphatic hydroxyl groups is 1. The Kier molecular flexibility index (Phi) is 4.69. The molecule has 0 saturated heterocycles. The fraction of sp³-hybridized carbons (Fsp3) is 0.250. The van der Waals surface area contributed by atoms with Crippen molar-refractivity contribution in [3.8, 4) is 0 Å². The van der Waals surface area contributed by atoms with Gasteiger partial charge in [0.05, 0.1) is 6.61 Å². The number of hydrogen-bond donors (Lipinski definition) is 3. The van der Waals surface area contributed by atoms with Crippen LogP contribution in [-0.4, -0.2) is 28.8 Å². The minimum absolute atomic E-state index is 0.0410. The Morgan fingerprint density at radius 1 is 1.38 bits per heavy atom. The molecule has 0 fully saturated rings. The van der Waals surface area contributed by atoms with E-state index in [-0.39, 0.29) is 12.6 Å². The number of carbonyl (C=O) groups is 1. The molecule has 0 heterocycles. The van der Waals surface area contributed by atoms with Gasteiger partial charge in [-0.1, -0.05) is 24.3 Å². The second-order valence-electron chi connectivity index (χ2n) is 3.56. The Balaban J connectivity index is 2.64. The highest BCUT2D eigenvalue weighted by Crippen LogP contribution is 2.07. The van der Waals surface area contributed by atoms with Gasteiger partial charge in [-0.2, -0.15) is 0 Å². The maximum Gasteiger partial charge on any atom is 0.328 e. The summed E-state index contributed by atoms with van der Waals surface area (Å²) < 4.78 is 0. The molecule has 4 nitrogen and oxygen atoms in total. The summed E-state index contributed by atoms with van der Waals surface area (Å²) >= 11 is 0. The maximum absolute atomic E-state index is 10.3. The highest BCUT2D eigenvalue weighted by atomic mass is 16.4. The molecular weight excluding hydrogens is 206 g/mol. The van der Waals surface area contributed by atoms with Crippen molar-refractivity contribution in [3.05, 3.63) is 41.5 Å². The molecule has 0 aromatic heterocycles. The Bertz CT molecular complexity index is 370. The van der Waals surface area contributed by atoms with Crippen molar-refractivity contribution in [1.29, 1.82) is 0 Å². The van der Waals surface area contributed by atoms with Crippen LogP contribution < -0.4 is 5.73 Å². The molecule has 1 unspecified atom stereocenters. The lowest BCUT2D eigenvalue weighted by Crippen LogP contribution is -2.26. The molecule has 0 bridgehead atoms. The van der Waals surface area contributed by atoms with E-state index >= 15 is 0 Å². The van der Waals surface area contributed by atoms with Gasteiger partial charge in [-0.3, -0.25) is 0 Å². The molecule has 4 heteroatoms. The molecule has 0 radical (unpaired) electrons. The molecular formula is C12H15NO3. The van der Waals surface area contributed by atoms with Gasteiger partial charge in [-0.15, -0.1) is 0 Å². The predicted octanol–water partition coefficient (Wildman–Crippen LogP) is 0.646. The Morgan fingerprint density at radius 2 is 2.00 bits per heavy atom. The smallest absolute Gasteiger partial charge is 0.328 e. The molecule has 0 amide bonds. The molecule has 1 aromatic carbocycles. The third-order valence-corrected chi connectivity index (χ3v) is 2.13. The van der Waals surface area contributed by atoms with E-state index in [2.05, 4.69) is 0 Å². The van der Waals surface area contributed by atoms with E-state index in [1.54, 1.807) is 0 Å². The predicted molar refractivity (Wildman–Crippen MR) is 61.9 cm³/mol. The zero-order chi connectivity index (χ0) is 12.0. The van der Waals surface area contributed by atoms with Gasteiger partial charge in [0.1, 0.15) is 0 Å². The van der Waals surface area contributed by atoms with Crippen molar-refractivity contribution in [2.45, 2.75) is 12.5 Å². The highest BCUT2D eigenvalue weighted by molar-refractivity contribution is 5.85. The van der Waals surface area contributed by atoms with E-state index in [1.165, 1.54) is 6.08 Å². The van der Waals surface area contributed by atoms with Crippen molar-refractivity contribution >= 4 is 12.0 Å². The molecule has 86 valence electrons. The first-order valence-electron chi connectivity index (χ1n) is 4.98. The van der Waals surface area contributed by atoms with E-state index < -0.39 is 5.97 Å². The molecule has 16 heavy (non-hydrogen) atoms. The number of rotatable bonds is 5. The molecule has 0 aliphatic heterocycles. The highest BCUT2D eigenvalue weighted by Gasteiger charge is 2.01. The monoisotopic (exact) mass is 221 g/mol. The molecule has 0 spiro atoms. The standard InChI is InChI=1S/C12H15NO3/c13-11(8-14)7-10-3-1-9(2-4-10)5-6-12(15)16/h1-6,11,14H,7-8,13H2,(H,15,16)/b6-5+. The van der Waals surface area contributed by atoms with Gasteiger partial charge < -0.3 is 15.9 Å². The van der Waals surface area contributed by atoms with Crippen LogP contribution in [0.15, 0.2) is 30.3 Å². The molecule has 0 aliphatic carbocycles. The second-order valence-corrected chi connectivity index (χ2v) is 3.56. The summed E-state index contributed by atoms with van der Waals surface area (Å²) in [6.45, 7) is -0.0410. The largest absolute Gasteiger partial charge is 0.478 e. The van der Waals surface area contributed by atoms with Crippen LogP contribution in [0, 0.1) is 0 Å². The first-order valence-corrected chi connectivity index (χ1v) is 4.98. The molecule has 0 aliphatic rings. The number of carboxylic acids is 1. The van der Waals surface area contributed by atoms with Crippen LogP contribution in [0.3, 0.4) is 0 Å². The Morgan fingerprint density at radius 3 is 2.50 bits per heavy atom. The van der Waals surface area contributed by atoms with Gasteiger partial charge in [0.2, 0.25) is 0 Å². The molecule has 0 saturated carbocycles. The third kappa shape index (κ3) is 4.25. The summed E-state index contributed by atoms with van der Waals surface area (Å²) in [5.74, 6) is -0.966. The SMILES string of the molecule is NC(CO)Cc1ccc(/C=C/C(=O)O)cc1. The zero-order valence-corrected chi connectivity index (χ0v) is 8.84. The Labute approximate surface area is 94.0 Å². The van der Waals surface area contributed by atoms with Crippen LogP contribution in [0.2, 0.25) is 0 Å². The van der Waals surface area contributed by atoms with Gasteiger partial charge in [-0.05, 0) is 23.6 Å². The first kappa shape index (κ1) is 12.4. The number of benzene rings is 1. The topological polar surface area (TPSA) is 83.5 Å². The zero-order valence-electron chi connectivity index (χ0n) is 8.84. The van der Waals surface area contributed by atoms with Crippen molar-refractivity contribution in [2.75, 3.05) is 6.61 Å². The van der Waals surface area contributed by atoms with Crippen LogP contribution in [0.4, 0.5) is 0 Å². The van der Waals surface area contributed by atoms with Gasteiger partial charge >= 0.3 is 5.97 Å². The quantitative estimate of drug-likeness (QED) is 0.637. The summed E-state index contributed by atoms with van der Waals surface area (Å²) in [5, 5.41) is 17.2. The van der Waals surface area contributed by atoms with Crippen LogP contribution in [0.25, 0.3) is 6.08 Å². The summed E-state index contributed by atoms with van der Waals surface area (Å²) in [4.78, 5) is 10.3. The summed E-state index contributed by atoms with van der Waals surface area (Å²) in [5.41, 5.74) is 7.44. The van der Waals surface area contributed by atoms with Crippen molar-refractivity contribution in [2.24, 2.45) is 5.73 Å². The van der Waals surface area contributed by atoms with Gasteiger partial charge in [0.25, 0.3) is 0 Å². The fourth-order valence-electron chi connectivity index (χ4n) is 1.30. The first-order chi connectivity index (χ1) is 7.61. The minimum atomic E-state index is -0.966. The normalized spacial score (nSPS) is 12.9. The second kappa shape index (κ2) is 6.05. The van der Waals surface area contributed by atoms with Crippen molar-refractivity contribution < 1.29 is 15.0 Å². The lowest BCUT2D eigenvalue weighted by atomic mass is 10.0. The number of carboxylic acid groups (broad SMARTS) is 1. The van der Waals surface area contributed by atoms with E-state index in [1.807, 2.05) is 24.3 Å². The number of aliphatic carboxylic acids is 1. The van der Waals surface area contributed by atoms with E-state index in [0.717, 1.165) is 17.2 Å². The summed E-state index contributed by atoms with van der Waals surface area (Å²) in [6.07, 6.45) is 3.23. The molecule has 4 N–H and O–H groups in total.